The molecule has 3 N–H and O–H groups in total. The fraction of sp³-hybridized carbons (Fsp3) is 0.429. The lowest BCUT2D eigenvalue weighted by molar-refractivity contribution is 0.0955. The van der Waals surface area contributed by atoms with E-state index in [1.165, 1.54) is 6.07 Å². The molecule has 1 aromatic rings. The molecule has 108 valence electrons. The molecule has 2 rings (SSSR count). The number of nitrogen functional groups attached to an aromatic ring is 1. The molecule has 6 heteroatoms. The summed E-state index contributed by atoms with van der Waals surface area (Å²) in [6.45, 7) is -0.467. The van der Waals surface area contributed by atoms with E-state index in [0.717, 1.165) is 24.6 Å². The molecule has 0 atom stereocenters. The van der Waals surface area contributed by atoms with Crippen molar-refractivity contribution in [2.75, 3.05) is 12.3 Å². The summed E-state index contributed by atoms with van der Waals surface area (Å²) in [5, 5.41) is 2.69. The number of aliphatic imine (C=N–C) groups is 1. The van der Waals surface area contributed by atoms with E-state index in [1.807, 2.05) is 6.92 Å². The fourth-order valence-electron chi connectivity index (χ4n) is 2.07. The Hall–Kier alpha value is -1.98. The van der Waals surface area contributed by atoms with Crippen molar-refractivity contribution >= 4 is 17.8 Å². The molecule has 1 aromatic carbocycles. The van der Waals surface area contributed by atoms with Crippen LogP contribution in [0.3, 0.4) is 0 Å². The van der Waals surface area contributed by atoms with Crippen LogP contribution in [0.4, 0.5) is 14.5 Å². The van der Waals surface area contributed by atoms with Gasteiger partial charge in [0.25, 0.3) is 5.91 Å². The van der Waals surface area contributed by atoms with Gasteiger partial charge in [-0.3, -0.25) is 4.79 Å². The molecule has 0 heterocycles. The highest BCUT2D eigenvalue weighted by molar-refractivity contribution is 5.99. The average Bonchev–Trinajstić information content (AvgIpc) is 3.22. The normalized spacial score (nSPS) is 15.0. The lowest BCUT2D eigenvalue weighted by Crippen LogP contribution is -2.23. The van der Waals surface area contributed by atoms with Crippen LogP contribution in [0.1, 0.15) is 47.2 Å². The Morgan fingerprint density at radius 2 is 2.25 bits per heavy atom. The van der Waals surface area contributed by atoms with E-state index >= 15 is 0 Å². The highest BCUT2D eigenvalue weighted by Gasteiger charge is 2.27. The molecule has 0 radical (unpaired) electrons. The van der Waals surface area contributed by atoms with Gasteiger partial charge in [-0.1, -0.05) is 0 Å². The van der Waals surface area contributed by atoms with Crippen LogP contribution in [-0.4, -0.2) is 25.2 Å². The summed E-state index contributed by atoms with van der Waals surface area (Å²) in [6.07, 6.45) is 3.05. The van der Waals surface area contributed by atoms with E-state index in [9.17, 15) is 13.6 Å². The van der Waals surface area contributed by atoms with Crippen molar-refractivity contribution in [3.63, 3.8) is 0 Å². The molecule has 0 spiro atoms. The van der Waals surface area contributed by atoms with Gasteiger partial charge in [0.2, 0.25) is 0 Å². The maximum atomic E-state index is 12.2. The second-order valence-corrected chi connectivity index (χ2v) is 4.76. The third-order valence-corrected chi connectivity index (χ3v) is 3.19. The number of hydrogen-bond donors (Lipinski definition) is 2. The van der Waals surface area contributed by atoms with E-state index < -0.39 is 6.55 Å². The number of hydrogen-bond acceptors (Lipinski definition) is 3. The van der Waals surface area contributed by atoms with E-state index in [2.05, 4.69) is 10.3 Å². The van der Waals surface area contributed by atoms with E-state index in [1.54, 1.807) is 6.07 Å². The Labute approximate surface area is 116 Å². The van der Waals surface area contributed by atoms with Gasteiger partial charge in [0.05, 0.1) is 0 Å². The molecule has 0 aliphatic heterocycles. The average molecular weight is 281 g/mol. The van der Waals surface area contributed by atoms with Crippen LogP contribution in [0.2, 0.25) is 0 Å². The van der Waals surface area contributed by atoms with Gasteiger partial charge in [0, 0.05) is 29.6 Å². The summed E-state index contributed by atoms with van der Waals surface area (Å²) >= 11 is 0. The highest BCUT2D eigenvalue weighted by atomic mass is 19.3. The van der Waals surface area contributed by atoms with Crippen LogP contribution < -0.4 is 11.1 Å². The van der Waals surface area contributed by atoms with Gasteiger partial charge in [-0.15, -0.1) is 0 Å². The summed E-state index contributed by atoms with van der Waals surface area (Å²) in [4.78, 5) is 14.9. The zero-order chi connectivity index (χ0) is 14.7. The number of nitrogens with two attached hydrogens (primary N) is 1. The lowest BCUT2D eigenvalue weighted by Gasteiger charge is -2.11. The predicted molar refractivity (Wildman–Crippen MR) is 74.4 cm³/mol. The predicted octanol–water partition coefficient (Wildman–Crippen LogP) is 2.54. The third-order valence-electron chi connectivity index (χ3n) is 3.19. The standard InChI is InChI=1S/C14H17F2N3O/c1-2-18-13(20)9-5-10(7-19-14(15)16)12(17)11(6-9)8-3-4-8/h5-8,14H,2-4,17H2,1H3,(H,18,20)/b19-7+. The molecular formula is C14H17F2N3O. The Morgan fingerprint density at radius 1 is 1.55 bits per heavy atom. The van der Waals surface area contributed by atoms with Crippen LogP contribution in [-0.2, 0) is 0 Å². The summed E-state index contributed by atoms with van der Waals surface area (Å²) in [5.41, 5.74) is 8.07. The largest absolute Gasteiger partial charge is 0.398 e. The van der Waals surface area contributed by atoms with Crippen LogP contribution in [0.15, 0.2) is 17.1 Å². The maximum absolute atomic E-state index is 12.2. The molecule has 1 saturated carbocycles. The van der Waals surface area contributed by atoms with E-state index in [0.29, 0.717) is 29.3 Å². The maximum Gasteiger partial charge on any atom is 0.331 e. The van der Waals surface area contributed by atoms with E-state index in [-0.39, 0.29) is 5.91 Å². The van der Waals surface area contributed by atoms with Crippen molar-refractivity contribution < 1.29 is 13.6 Å². The highest BCUT2D eigenvalue weighted by Crippen LogP contribution is 2.43. The van der Waals surface area contributed by atoms with Gasteiger partial charge in [0.15, 0.2) is 0 Å². The number of amides is 1. The zero-order valence-electron chi connectivity index (χ0n) is 11.2. The van der Waals surface area contributed by atoms with Crippen LogP contribution >= 0.6 is 0 Å². The molecule has 1 aliphatic carbocycles. The lowest BCUT2D eigenvalue weighted by atomic mass is 9.99. The number of benzene rings is 1. The van der Waals surface area contributed by atoms with Crippen molar-refractivity contribution in [3.05, 3.63) is 28.8 Å². The number of nitrogens with one attached hydrogen (secondary N) is 1. The number of nitrogens with zero attached hydrogens (tertiary/aromatic N) is 1. The first-order chi connectivity index (χ1) is 9.52. The molecule has 1 aliphatic rings. The van der Waals surface area contributed by atoms with Gasteiger partial charge in [-0.05, 0) is 43.4 Å². The number of rotatable bonds is 5. The molecule has 0 unspecified atom stereocenters. The van der Waals surface area contributed by atoms with Gasteiger partial charge in [-0.25, -0.2) is 4.99 Å². The smallest absolute Gasteiger partial charge is 0.331 e. The Bertz CT molecular complexity index is 539. The summed E-state index contributed by atoms with van der Waals surface area (Å²) in [7, 11) is 0. The van der Waals surface area contributed by atoms with Crippen molar-refractivity contribution in [3.8, 4) is 0 Å². The second kappa shape index (κ2) is 5.98. The Morgan fingerprint density at radius 3 is 2.80 bits per heavy atom. The van der Waals surface area contributed by atoms with Gasteiger partial charge < -0.3 is 11.1 Å². The van der Waals surface area contributed by atoms with Gasteiger partial charge in [0.1, 0.15) is 0 Å². The van der Waals surface area contributed by atoms with Gasteiger partial charge in [-0.2, -0.15) is 8.78 Å². The summed E-state index contributed by atoms with van der Waals surface area (Å²) < 4.78 is 24.4. The number of halogens is 2. The topological polar surface area (TPSA) is 67.5 Å². The minimum absolute atomic E-state index is 0.235. The molecule has 0 aromatic heterocycles. The number of carbonyl (C=O) groups is 1. The van der Waals surface area contributed by atoms with Crippen molar-refractivity contribution in [1.29, 1.82) is 0 Å². The molecule has 1 fully saturated rings. The molecular weight excluding hydrogens is 264 g/mol. The second-order valence-electron chi connectivity index (χ2n) is 4.76. The third kappa shape index (κ3) is 3.31. The Kier molecular flexibility index (Phi) is 4.32. The number of anilines is 1. The molecule has 1 amide bonds. The van der Waals surface area contributed by atoms with Crippen LogP contribution in [0.5, 0.6) is 0 Å². The SMILES string of the molecule is CCNC(=O)c1cc(/C=N/C(F)F)c(N)c(C2CC2)c1. The first kappa shape index (κ1) is 14.4. The first-order valence-corrected chi connectivity index (χ1v) is 6.55. The minimum atomic E-state index is -2.79. The Balaban J connectivity index is 2.41. The molecule has 4 nitrogen and oxygen atoms in total. The van der Waals surface area contributed by atoms with E-state index in [4.69, 9.17) is 5.73 Å². The molecule has 0 bridgehead atoms. The van der Waals surface area contributed by atoms with Crippen molar-refractivity contribution in [2.45, 2.75) is 32.2 Å². The van der Waals surface area contributed by atoms with Crippen LogP contribution in [0.25, 0.3) is 0 Å². The van der Waals surface area contributed by atoms with Crippen molar-refractivity contribution in [1.82, 2.24) is 5.32 Å². The first-order valence-electron chi connectivity index (χ1n) is 6.55. The summed E-state index contributed by atoms with van der Waals surface area (Å²) in [5.74, 6) is 0.0872. The number of carbonyl (C=O) groups excluding carboxylic acids is 1. The molecule has 20 heavy (non-hydrogen) atoms. The quantitative estimate of drug-likeness (QED) is 0.495. The fourth-order valence-corrected chi connectivity index (χ4v) is 2.07. The monoisotopic (exact) mass is 281 g/mol. The van der Waals surface area contributed by atoms with Crippen LogP contribution in [0, 0.1) is 0 Å². The molecule has 0 saturated heterocycles. The minimum Gasteiger partial charge on any atom is -0.398 e. The zero-order valence-corrected chi connectivity index (χ0v) is 11.2. The van der Waals surface area contributed by atoms with Crippen molar-refractivity contribution in [2.24, 2.45) is 4.99 Å². The van der Waals surface area contributed by atoms with Gasteiger partial charge >= 0.3 is 6.55 Å². The number of alkyl halides is 2. The summed E-state index contributed by atoms with van der Waals surface area (Å²) in [6, 6.07) is 3.25.